The van der Waals surface area contributed by atoms with Crippen LogP contribution in [0.25, 0.3) is 0 Å². The van der Waals surface area contributed by atoms with E-state index in [1.807, 2.05) is 25.1 Å². The van der Waals surface area contributed by atoms with E-state index in [-0.39, 0.29) is 11.5 Å². The van der Waals surface area contributed by atoms with Crippen molar-refractivity contribution in [1.82, 2.24) is 0 Å². The van der Waals surface area contributed by atoms with Crippen molar-refractivity contribution in [2.45, 2.75) is 26.2 Å². The van der Waals surface area contributed by atoms with E-state index in [2.05, 4.69) is 0 Å². The van der Waals surface area contributed by atoms with Crippen LogP contribution in [0.2, 0.25) is 0 Å². The third kappa shape index (κ3) is 2.40. The molecule has 0 spiro atoms. The molecule has 1 unspecified atom stereocenters. The average molecular weight is 236 g/mol. The number of ketones is 1. The highest BCUT2D eigenvalue weighted by atomic mass is 32.2. The Morgan fingerprint density at radius 1 is 1.31 bits per heavy atom. The molecule has 0 N–H and O–H groups in total. The molecule has 0 aromatic heterocycles. The Hall–Kier alpha value is -0.960. The summed E-state index contributed by atoms with van der Waals surface area (Å²) in [4.78, 5) is 11.8. The molecule has 1 aliphatic carbocycles. The van der Waals surface area contributed by atoms with E-state index in [0.29, 0.717) is 5.75 Å². The van der Waals surface area contributed by atoms with Gasteiger partial charge >= 0.3 is 0 Å². The molecule has 1 atom stereocenters. The number of carbonyl (C=O) groups excluding carboxylic acids is 1. The number of hydrogen-bond donors (Lipinski definition) is 0. The van der Waals surface area contributed by atoms with Crippen molar-refractivity contribution in [1.29, 1.82) is 0 Å². The van der Waals surface area contributed by atoms with E-state index >= 15 is 0 Å². The Labute approximate surface area is 98.5 Å². The number of hydrogen-bond acceptors (Lipinski definition) is 2. The van der Waals surface area contributed by atoms with E-state index in [1.165, 1.54) is 17.5 Å². The number of fused-ring (bicyclic) bond motifs is 1. The summed E-state index contributed by atoms with van der Waals surface area (Å²) in [5.41, 5.74) is 3.39. The first-order valence-corrected chi connectivity index (χ1v) is 7.19. The van der Waals surface area contributed by atoms with Gasteiger partial charge in [0.1, 0.15) is 0 Å². The number of aryl methyl sites for hydroxylation is 2. The lowest BCUT2D eigenvalue weighted by molar-refractivity contribution is 0.102. The minimum absolute atomic E-state index is 0.00915. The lowest BCUT2D eigenvalue weighted by Gasteiger charge is -2.03. The zero-order valence-electron chi connectivity index (χ0n) is 9.49. The summed E-state index contributed by atoms with van der Waals surface area (Å²) in [5.74, 6) is 0.723. The van der Waals surface area contributed by atoms with Gasteiger partial charge in [-0.05, 0) is 36.5 Å². The first-order chi connectivity index (χ1) is 7.70. The fourth-order valence-corrected chi connectivity index (χ4v) is 2.74. The molecular formula is C13H16O2S. The summed E-state index contributed by atoms with van der Waals surface area (Å²) in [7, 11) is -1.01. The molecule has 2 rings (SSSR count). The van der Waals surface area contributed by atoms with Gasteiger partial charge in [0, 0.05) is 22.1 Å². The summed E-state index contributed by atoms with van der Waals surface area (Å²) in [6.07, 6.45) is 3.39. The third-order valence-corrected chi connectivity index (χ3v) is 4.26. The molecule has 3 heteroatoms. The quantitative estimate of drug-likeness (QED) is 0.750. The van der Waals surface area contributed by atoms with Crippen molar-refractivity contribution in [2.24, 2.45) is 0 Å². The van der Waals surface area contributed by atoms with Crippen molar-refractivity contribution in [3.63, 3.8) is 0 Å². The maximum atomic E-state index is 11.8. The van der Waals surface area contributed by atoms with E-state index in [1.54, 1.807) is 0 Å². The van der Waals surface area contributed by atoms with Crippen LogP contribution in [0, 0.1) is 0 Å². The molecule has 0 amide bonds. The monoisotopic (exact) mass is 236 g/mol. The zero-order chi connectivity index (χ0) is 11.5. The second kappa shape index (κ2) is 4.91. The van der Waals surface area contributed by atoms with Crippen LogP contribution in [0.15, 0.2) is 18.2 Å². The summed E-state index contributed by atoms with van der Waals surface area (Å²) in [6.45, 7) is 1.84. The van der Waals surface area contributed by atoms with Crippen LogP contribution in [0.5, 0.6) is 0 Å². The first kappa shape index (κ1) is 11.5. The minimum atomic E-state index is -1.01. The fraction of sp³-hybridized carbons (Fsp3) is 0.462. The van der Waals surface area contributed by atoms with Crippen molar-refractivity contribution in [2.75, 3.05) is 11.5 Å². The highest BCUT2D eigenvalue weighted by molar-refractivity contribution is 7.85. The van der Waals surface area contributed by atoms with Crippen LogP contribution in [0.1, 0.15) is 34.8 Å². The van der Waals surface area contributed by atoms with Crippen LogP contribution >= 0.6 is 0 Å². The Morgan fingerprint density at radius 3 is 2.81 bits per heavy atom. The van der Waals surface area contributed by atoms with E-state index in [9.17, 15) is 9.00 Å². The number of Topliss-reactive ketones (excluding diaryl/α,β-unsaturated/α-hetero) is 1. The number of benzene rings is 1. The third-order valence-electron chi connectivity index (χ3n) is 3.03. The summed E-state index contributed by atoms with van der Waals surface area (Å²) >= 11 is 0. The van der Waals surface area contributed by atoms with Crippen LogP contribution in [-0.2, 0) is 23.6 Å². The predicted octanol–water partition coefficient (Wildman–Crippen LogP) is 2.13. The van der Waals surface area contributed by atoms with Gasteiger partial charge in [0.15, 0.2) is 5.78 Å². The average Bonchev–Trinajstić information content (AvgIpc) is 2.75. The van der Waals surface area contributed by atoms with E-state index in [0.717, 1.165) is 18.4 Å². The minimum Gasteiger partial charge on any atom is -0.293 e. The molecule has 0 bridgehead atoms. The number of carbonyl (C=O) groups is 1. The second-order valence-corrected chi connectivity index (χ2v) is 5.88. The molecule has 0 fully saturated rings. The molecule has 0 heterocycles. The highest BCUT2D eigenvalue weighted by Crippen LogP contribution is 2.23. The highest BCUT2D eigenvalue weighted by Gasteiger charge is 2.14. The topological polar surface area (TPSA) is 34.1 Å². The van der Waals surface area contributed by atoms with E-state index < -0.39 is 10.8 Å². The fourth-order valence-electron chi connectivity index (χ4n) is 2.08. The van der Waals surface area contributed by atoms with Crippen LogP contribution < -0.4 is 0 Å². The Bertz CT molecular complexity index is 438. The Balaban J connectivity index is 2.15. The van der Waals surface area contributed by atoms with Crippen molar-refractivity contribution >= 4 is 16.6 Å². The standard InChI is InChI=1S/C13H16O2S/c1-2-16(15)9-13(14)12-7-6-10-4-3-5-11(10)8-12/h6-8H,2-5,9H2,1H3. The van der Waals surface area contributed by atoms with E-state index in [4.69, 9.17) is 0 Å². The van der Waals surface area contributed by atoms with Gasteiger partial charge in [-0.1, -0.05) is 19.1 Å². The molecule has 0 aliphatic heterocycles. The molecule has 0 saturated heterocycles. The van der Waals surface area contributed by atoms with Crippen molar-refractivity contribution in [3.8, 4) is 0 Å². The molecule has 0 radical (unpaired) electrons. The molecule has 2 nitrogen and oxygen atoms in total. The van der Waals surface area contributed by atoms with Gasteiger partial charge in [0.25, 0.3) is 0 Å². The molecule has 16 heavy (non-hydrogen) atoms. The van der Waals surface area contributed by atoms with Gasteiger partial charge in [-0.2, -0.15) is 0 Å². The lowest BCUT2D eigenvalue weighted by atomic mass is 10.0. The lowest BCUT2D eigenvalue weighted by Crippen LogP contribution is -2.12. The second-order valence-electron chi connectivity index (χ2n) is 4.13. The van der Waals surface area contributed by atoms with Crippen LogP contribution in [0.4, 0.5) is 0 Å². The van der Waals surface area contributed by atoms with Gasteiger partial charge in [0.2, 0.25) is 0 Å². The summed E-state index contributed by atoms with van der Waals surface area (Å²) in [6, 6.07) is 5.90. The molecule has 1 aliphatic rings. The summed E-state index contributed by atoms with van der Waals surface area (Å²) in [5, 5.41) is 0. The van der Waals surface area contributed by atoms with Gasteiger partial charge < -0.3 is 0 Å². The Kier molecular flexibility index (Phi) is 3.54. The van der Waals surface area contributed by atoms with Crippen LogP contribution in [0.3, 0.4) is 0 Å². The first-order valence-electron chi connectivity index (χ1n) is 5.70. The smallest absolute Gasteiger partial charge is 0.175 e. The van der Waals surface area contributed by atoms with Crippen LogP contribution in [-0.4, -0.2) is 21.5 Å². The van der Waals surface area contributed by atoms with Gasteiger partial charge in [-0.15, -0.1) is 0 Å². The van der Waals surface area contributed by atoms with Gasteiger partial charge in [-0.25, -0.2) is 0 Å². The van der Waals surface area contributed by atoms with Gasteiger partial charge in [0.05, 0.1) is 5.75 Å². The SMILES string of the molecule is CCS(=O)CC(=O)c1ccc2c(c1)CCC2. The Morgan fingerprint density at radius 2 is 2.06 bits per heavy atom. The van der Waals surface area contributed by atoms with Crippen molar-refractivity contribution in [3.05, 3.63) is 34.9 Å². The normalized spacial score (nSPS) is 15.8. The maximum absolute atomic E-state index is 11.8. The van der Waals surface area contributed by atoms with Crippen molar-refractivity contribution < 1.29 is 9.00 Å². The maximum Gasteiger partial charge on any atom is 0.175 e. The molecule has 0 saturated carbocycles. The molecule has 1 aromatic carbocycles. The zero-order valence-corrected chi connectivity index (χ0v) is 10.3. The van der Waals surface area contributed by atoms with Gasteiger partial charge in [-0.3, -0.25) is 9.00 Å². The number of rotatable bonds is 4. The molecule has 1 aromatic rings. The predicted molar refractivity (Wildman–Crippen MR) is 66.3 cm³/mol. The summed E-state index contributed by atoms with van der Waals surface area (Å²) < 4.78 is 11.3. The molecule has 86 valence electrons. The molecular weight excluding hydrogens is 220 g/mol. The largest absolute Gasteiger partial charge is 0.293 e.